The zero-order valence-corrected chi connectivity index (χ0v) is 11.6. The predicted molar refractivity (Wildman–Crippen MR) is 77.9 cm³/mol. The summed E-state index contributed by atoms with van der Waals surface area (Å²) in [5.41, 5.74) is 2.04. The van der Waals surface area contributed by atoms with Crippen LogP contribution >= 0.6 is 0 Å². The van der Waals surface area contributed by atoms with Gasteiger partial charge in [-0.15, -0.1) is 0 Å². The second-order valence-corrected chi connectivity index (χ2v) is 5.57. The third-order valence-corrected chi connectivity index (χ3v) is 4.45. The molecule has 0 aromatic heterocycles. The molecule has 0 radical (unpaired) electrons. The number of benzene rings is 1. The number of hydrogen-bond donors (Lipinski definition) is 0. The number of ketones is 1. The lowest BCUT2D eigenvalue weighted by molar-refractivity contribution is 0.0988. The first-order valence-electron chi connectivity index (χ1n) is 7.41. The first-order chi connectivity index (χ1) is 9.29. The molecule has 0 aliphatic carbocycles. The summed E-state index contributed by atoms with van der Waals surface area (Å²) in [6, 6.07) is 8.79. The van der Waals surface area contributed by atoms with Crippen LogP contribution in [0.1, 0.15) is 36.5 Å². The Hall–Kier alpha value is -1.35. The van der Waals surface area contributed by atoms with E-state index >= 15 is 0 Å². The highest BCUT2D eigenvalue weighted by Gasteiger charge is 2.31. The Balaban J connectivity index is 1.84. The fourth-order valence-corrected chi connectivity index (χ4v) is 3.39. The Labute approximate surface area is 115 Å². The number of rotatable bonds is 3. The minimum absolute atomic E-state index is 0.254. The molecule has 1 aromatic carbocycles. The second-order valence-electron chi connectivity index (χ2n) is 5.57. The topological polar surface area (TPSA) is 23.6 Å². The smallest absolute Gasteiger partial charge is 0.164 e. The molecule has 3 rings (SSSR count). The lowest BCUT2D eigenvalue weighted by atomic mass is 10.0. The summed E-state index contributed by atoms with van der Waals surface area (Å²) >= 11 is 0. The average Bonchev–Trinajstić information content (AvgIpc) is 2.93. The van der Waals surface area contributed by atoms with Gasteiger partial charge in [0, 0.05) is 43.3 Å². The highest BCUT2D eigenvalue weighted by molar-refractivity contribution is 6.01. The minimum atomic E-state index is 0.254. The van der Waals surface area contributed by atoms with Crippen molar-refractivity contribution in [1.82, 2.24) is 4.90 Å². The van der Waals surface area contributed by atoms with Gasteiger partial charge in [0.2, 0.25) is 0 Å². The van der Waals surface area contributed by atoms with Crippen LogP contribution in [0.15, 0.2) is 24.3 Å². The average molecular weight is 258 g/mol. The van der Waals surface area contributed by atoms with Crippen molar-refractivity contribution in [2.45, 2.75) is 32.2 Å². The fourth-order valence-electron chi connectivity index (χ4n) is 3.39. The number of carbonyl (C=O) groups excluding carboxylic acids is 1. The highest BCUT2D eigenvalue weighted by atomic mass is 16.1. The van der Waals surface area contributed by atoms with Gasteiger partial charge >= 0.3 is 0 Å². The fraction of sp³-hybridized carbons (Fsp3) is 0.562. The third kappa shape index (κ3) is 2.39. The molecule has 1 unspecified atom stereocenters. The summed E-state index contributed by atoms with van der Waals surface area (Å²) in [5.74, 6) is 0.254. The molecule has 1 aromatic rings. The van der Waals surface area contributed by atoms with E-state index in [1.165, 1.54) is 19.4 Å². The van der Waals surface area contributed by atoms with Crippen LogP contribution < -0.4 is 4.90 Å². The number of nitrogens with zero attached hydrogens (tertiary/aromatic N) is 2. The molecule has 0 N–H and O–H groups in total. The van der Waals surface area contributed by atoms with Gasteiger partial charge in [0.25, 0.3) is 0 Å². The number of Topliss-reactive ketones (excluding diaryl/α,β-unsaturated/α-hetero) is 1. The first-order valence-corrected chi connectivity index (χ1v) is 7.41. The maximum absolute atomic E-state index is 12.1. The Kier molecular flexibility index (Phi) is 3.56. The van der Waals surface area contributed by atoms with Gasteiger partial charge in [0.15, 0.2) is 5.78 Å². The summed E-state index contributed by atoms with van der Waals surface area (Å²) in [7, 11) is 0. The van der Waals surface area contributed by atoms with Gasteiger partial charge in [0.1, 0.15) is 0 Å². The van der Waals surface area contributed by atoms with Crippen LogP contribution in [0.2, 0.25) is 0 Å². The predicted octanol–water partition coefficient (Wildman–Crippen LogP) is 2.56. The molecule has 2 fully saturated rings. The van der Waals surface area contributed by atoms with E-state index in [9.17, 15) is 4.79 Å². The quantitative estimate of drug-likeness (QED) is 0.779. The van der Waals surface area contributed by atoms with Crippen molar-refractivity contribution in [1.29, 1.82) is 0 Å². The van der Waals surface area contributed by atoms with E-state index in [1.54, 1.807) is 0 Å². The Morgan fingerprint density at radius 1 is 1.26 bits per heavy atom. The van der Waals surface area contributed by atoms with E-state index in [4.69, 9.17) is 0 Å². The van der Waals surface area contributed by atoms with Crippen LogP contribution in [0.3, 0.4) is 0 Å². The second kappa shape index (κ2) is 5.33. The molecule has 1 atom stereocenters. The molecule has 2 saturated heterocycles. The minimum Gasteiger partial charge on any atom is -0.368 e. The van der Waals surface area contributed by atoms with E-state index < -0.39 is 0 Å². The van der Waals surface area contributed by atoms with Crippen molar-refractivity contribution in [2.24, 2.45) is 0 Å². The van der Waals surface area contributed by atoms with Crippen molar-refractivity contribution in [3.8, 4) is 0 Å². The lowest BCUT2D eigenvalue weighted by Crippen LogP contribution is -2.50. The van der Waals surface area contributed by atoms with E-state index in [2.05, 4.69) is 15.9 Å². The van der Waals surface area contributed by atoms with Gasteiger partial charge in [-0.05, 0) is 31.5 Å². The maximum Gasteiger partial charge on any atom is 0.164 e. The van der Waals surface area contributed by atoms with Crippen LogP contribution in [0.25, 0.3) is 0 Å². The van der Waals surface area contributed by atoms with Crippen molar-refractivity contribution < 1.29 is 4.79 Å². The first kappa shape index (κ1) is 12.7. The van der Waals surface area contributed by atoms with Crippen molar-refractivity contribution in [3.63, 3.8) is 0 Å². The molecular weight excluding hydrogens is 236 g/mol. The van der Waals surface area contributed by atoms with E-state index in [0.717, 1.165) is 30.9 Å². The summed E-state index contributed by atoms with van der Waals surface area (Å²) in [6.07, 6.45) is 3.22. The summed E-state index contributed by atoms with van der Waals surface area (Å²) in [6.45, 7) is 6.46. The van der Waals surface area contributed by atoms with E-state index in [1.807, 2.05) is 25.1 Å². The number of fused-ring (bicyclic) bond motifs is 1. The van der Waals surface area contributed by atoms with Gasteiger partial charge < -0.3 is 4.90 Å². The lowest BCUT2D eigenvalue weighted by Gasteiger charge is -2.39. The SMILES string of the molecule is CCC(=O)c1ccccc1N1CCN2CCCC2C1. The Morgan fingerprint density at radius 3 is 2.95 bits per heavy atom. The molecule has 2 aliphatic rings. The number of carbonyl (C=O) groups is 1. The van der Waals surface area contributed by atoms with Crippen LogP contribution in [0.4, 0.5) is 5.69 Å². The molecule has 0 saturated carbocycles. The number of hydrogen-bond acceptors (Lipinski definition) is 3. The van der Waals surface area contributed by atoms with Crippen LogP contribution in [0.5, 0.6) is 0 Å². The molecule has 19 heavy (non-hydrogen) atoms. The van der Waals surface area contributed by atoms with Crippen molar-refractivity contribution in [3.05, 3.63) is 29.8 Å². The summed E-state index contributed by atoms with van der Waals surface area (Å²) in [4.78, 5) is 17.1. The summed E-state index contributed by atoms with van der Waals surface area (Å²) in [5, 5.41) is 0. The zero-order chi connectivity index (χ0) is 13.2. The molecule has 2 aliphatic heterocycles. The monoisotopic (exact) mass is 258 g/mol. The van der Waals surface area contributed by atoms with Crippen LogP contribution in [-0.2, 0) is 0 Å². The number of anilines is 1. The van der Waals surface area contributed by atoms with Gasteiger partial charge in [-0.25, -0.2) is 0 Å². The number of para-hydroxylation sites is 1. The molecular formula is C16H22N2O. The van der Waals surface area contributed by atoms with Gasteiger partial charge in [-0.2, -0.15) is 0 Å². The van der Waals surface area contributed by atoms with Crippen molar-refractivity contribution >= 4 is 11.5 Å². The normalized spacial score (nSPS) is 23.4. The Bertz CT molecular complexity index is 472. The maximum atomic E-state index is 12.1. The van der Waals surface area contributed by atoms with E-state index in [-0.39, 0.29) is 5.78 Å². The van der Waals surface area contributed by atoms with Gasteiger partial charge in [0.05, 0.1) is 0 Å². The van der Waals surface area contributed by atoms with Crippen LogP contribution in [0, 0.1) is 0 Å². The molecule has 3 heteroatoms. The summed E-state index contributed by atoms with van der Waals surface area (Å²) < 4.78 is 0. The van der Waals surface area contributed by atoms with E-state index in [0.29, 0.717) is 12.5 Å². The third-order valence-electron chi connectivity index (χ3n) is 4.45. The standard InChI is InChI=1S/C16H22N2O/c1-2-16(19)14-7-3-4-8-15(14)18-11-10-17-9-5-6-13(17)12-18/h3-4,7-8,13H,2,5-6,9-12H2,1H3. The van der Waals surface area contributed by atoms with Crippen molar-refractivity contribution in [2.75, 3.05) is 31.1 Å². The molecule has 0 bridgehead atoms. The van der Waals surface area contributed by atoms with Crippen LogP contribution in [-0.4, -0.2) is 42.9 Å². The Morgan fingerprint density at radius 2 is 2.11 bits per heavy atom. The molecule has 3 nitrogen and oxygen atoms in total. The molecule has 2 heterocycles. The largest absolute Gasteiger partial charge is 0.368 e. The highest BCUT2D eigenvalue weighted by Crippen LogP contribution is 2.28. The molecule has 0 amide bonds. The number of piperazine rings is 1. The van der Waals surface area contributed by atoms with Gasteiger partial charge in [-0.1, -0.05) is 19.1 Å². The molecule has 0 spiro atoms. The van der Waals surface area contributed by atoms with Gasteiger partial charge in [-0.3, -0.25) is 9.69 Å². The zero-order valence-electron chi connectivity index (χ0n) is 11.6. The molecule has 102 valence electrons.